The molecule has 2 aromatic carbocycles. The zero-order chi connectivity index (χ0) is 19.3. The summed E-state index contributed by atoms with van der Waals surface area (Å²) in [7, 11) is 0. The second kappa shape index (κ2) is 8.44. The van der Waals surface area contributed by atoms with Crippen molar-refractivity contribution in [2.24, 2.45) is 0 Å². The number of nitrogens with one attached hydrogen (secondary N) is 1. The molecule has 2 aliphatic heterocycles. The van der Waals surface area contributed by atoms with Crippen molar-refractivity contribution in [1.29, 1.82) is 0 Å². The van der Waals surface area contributed by atoms with Crippen molar-refractivity contribution in [3.63, 3.8) is 0 Å². The van der Waals surface area contributed by atoms with Crippen molar-refractivity contribution in [2.45, 2.75) is 13.0 Å². The van der Waals surface area contributed by atoms with Crippen LogP contribution in [0, 0.1) is 0 Å². The van der Waals surface area contributed by atoms with Crippen LogP contribution < -0.4 is 10.1 Å². The molecule has 2 amide bonds. The van der Waals surface area contributed by atoms with Gasteiger partial charge in [-0.05, 0) is 29.3 Å². The highest BCUT2D eigenvalue weighted by Crippen LogP contribution is 2.26. The van der Waals surface area contributed by atoms with Crippen LogP contribution in [0.2, 0.25) is 0 Å². The zero-order valence-electron chi connectivity index (χ0n) is 15.9. The van der Waals surface area contributed by atoms with Gasteiger partial charge in [0.15, 0.2) is 0 Å². The van der Waals surface area contributed by atoms with E-state index in [1.165, 1.54) is 0 Å². The van der Waals surface area contributed by atoms with Gasteiger partial charge >= 0.3 is 0 Å². The van der Waals surface area contributed by atoms with Crippen LogP contribution in [0.25, 0.3) is 0 Å². The molecule has 2 heterocycles. The maximum atomic E-state index is 12.8. The summed E-state index contributed by atoms with van der Waals surface area (Å²) in [5, 5.41) is 2.96. The number of hydrogen-bond donors (Lipinski definition) is 1. The molecule has 146 valence electrons. The fourth-order valence-corrected chi connectivity index (χ4v) is 3.67. The molecule has 6 nitrogen and oxygen atoms in total. The summed E-state index contributed by atoms with van der Waals surface area (Å²) in [5.74, 6) is 0.966. The summed E-state index contributed by atoms with van der Waals surface area (Å²) >= 11 is 0. The Hall–Kier alpha value is -2.86. The predicted octanol–water partition coefficient (Wildman–Crippen LogP) is 1.70. The fraction of sp³-hybridized carbons (Fsp3) is 0.364. The first kappa shape index (κ1) is 18.5. The Morgan fingerprint density at radius 2 is 1.79 bits per heavy atom. The van der Waals surface area contributed by atoms with E-state index in [2.05, 4.69) is 10.2 Å². The first-order chi connectivity index (χ1) is 13.7. The second-order valence-corrected chi connectivity index (χ2v) is 7.25. The summed E-state index contributed by atoms with van der Waals surface area (Å²) in [6.07, 6.45) is 0.863. The summed E-state index contributed by atoms with van der Waals surface area (Å²) in [6.45, 7) is 4.29. The van der Waals surface area contributed by atoms with Crippen molar-refractivity contribution in [3.05, 3.63) is 65.2 Å². The number of benzene rings is 2. The smallest absolute Gasteiger partial charge is 0.253 e. The average Bonchev–Trinajstić information content (AvgIpc) is 3.21. The minimum Gasteiger partial charge on any atom is -0.493 e. The van der Waals surface area contributed by atoms with Crippen LogP contribution >= 0.6 is 0 Å². The van der Waals surface area contributed by atoms with E-state index in [1.54, 1.807) is 0 Å². The van der Waals surface area contributed by atoms with E-state index < -0.39 is 0 Å². The highest BCUT2D eigenvalue weighted by atomic mass is 16.5. The molecule has 4 rings (SSSR count). The highest BCUT2D eigenvalue weighted by molar-refractivity contribution is 5.94. The molecular weight excluding hydrogens is 354 g/mol. The largest absolute Gasteiger partial charge is 0.493 e. The summed E-state index contributed by atoms with van der Waals surface area (Å²) in [4.78, 5) is 28.9. The fourth-order valence-electron chi connectivity index (χ4n) is 3.67. The minimum atomic E-state index is 0.0160. The Bertz CT molecular complexity index is 845. The highest BCUT2D eigenvalue weighted by Gasteiger charge is 2.24. The van der Waals surface area contributed by atoms with Crippen LogP contribution in [-0.2, 0) is 17.8 Å². The molecule has 1 fully saturated rings. The first-order valence-electron chi connectivity index (χ1n) is 9.77. The summed E-state index contributed by atoms with van der Waals surface area (Å²) in [6, 6.07) is 15.6. The molecule has 1 saturated heterocycles. The van der Waals surface area contributed by atoms with Crippen molar-refractivity contribution < 1.29 is 14.3 Å². The van der Waals surface area contributed by atoms with Crippen LogP contribution in [-0.4, -0.2) is 60.9 Å². The van der Waals surface area contributed by atoms with E-state index in [0.717, 1.165) is 28.9 Å². The summed E-state index contributed by atoms with van der Waals surface area (Å²) < 4.78 is 5.51. The summed E-state index contributed by atoms with van der Waals surface area (Å²) in [5.41, 5.74) is 2.92. The van der Waals surface area contributed by atoms with E-state index in [-0.39, 0.29) is 11.8 Å². The van der Waals surface area contributed by atoms with Gasteiger partial charge < -0.3 is 15.0 Å². The van der Waals surface area contributed by atoms with Crippen molar-refractivity contribution in [1.82, 2.24) is 15.1 Å². The molecule has 1 N–H and O–H groups in total. The third-order valence-corrected chi connectivity index (χ3v) is 5.30. The number of carbonyl (C=O) groups excluding carboxylic acids is 2. The van der Waals surface area contributed by atoms with Gasteiger partial charge in [-0.1, -0.05) is 30.3 Å². The number of carbonyl (C=O) groups is 2. The zero-order valence-corrected chi connectivity index (χ0v) is 15.9. The molecule has 0 aliphatic carbocycles. The molecule has 6 heteroatoms. The van der Waals surface area contributed by atoms with Crippen molar-refractivity contribution >= 4 is 11.8 Å². The Kier molecular flexibility index (Phi) is 5.58. The van der Waals surface area contributed by atoms with Crippen LogP contribution in [0.3, 0.4) is 0 Å². The van der Waals surface area contributed by atoms with Gasteiger partial charge in [0, 0.05) is 44.7 Å². The lowest BCUT2D eigenvalue weighted by Crippen LogP contribution is -2.51. The van der Waals surface area contributed by atoms with E-state index >= 15 is 0 Å². The molecule has 2 aromatic rings. The Morgan fingerprint density at radius 1 is 1.00 bits per heavy atom. The number of amides is 2. The average molecular weight is 379 g/mol. The van der Waals surface area contributed by atoms with Gasteiger partial charge in [0.05, 0.1) is 13.2 Å². The van der Waals surface area contributed by atoms with E-state index in [4.69, 9.17) is 4.74 Å². The normalized spacial score (nSPS) is 16.4. The third-order valence-electron chi connectivity index (χ3n) is 5.30. The molecule has 0 radical (unpaired) electrons. The van der Waals surface area contributed by atoms with Gasteiger partial charge in [-0.3, -0.25) is 14.5 Å². The SMILES string of the molecule is O=C(CN1CCN(C(=O)c2ccc3c(c2)CCO3)CC1)NCc1ccccc1. The lowest BCUT2D eigenvalue weighted by molar-refractivity contribution is -0.122. The molecule has 0 saturated carbocycles. The maximum absolute atomic E-state index is 12.8. The van der Waals surface area contributed by atoms with Crippen molar-refractivity contribution in [2.75, 3.05) is 39.3 Å². The maximum Gasteiger partial charge on any atom is 0.253 e. The van der Waals surface area contributed by atoms with Gasteiger partial charge in [0.2, 0.25) is 5.91 Å². The molecule has 0 bridgehead atoms. The van der Waals surface area contributed by atoms with Gasteiger partial charge in [-0.15, -0.1) is 0 Å². The first-order valence-corrected chi connectivity index (χ1v) is 9.77. The molecule has 0 spiro atoms. The van der Waals surface area contributed by atoms with Gasteiger partial charge in [-0.25, -0.2) is 0 Å². The van der Waals surface area contributed by atoms with Gasteiger partial charge in [-0.2, -0.15) is 0 Å². The lowest BCUT2D eigenvalue weighted by Gasteiger charge is -2.34. The number of piperazine rings is 1. The van der Waals surface area contributed by atoms with E-state index in [9.17, 15) is 9.59 Å². The Labute approximate surface area is 165 Å². The molecular formula is C22H25N3O3. The molecule has 0 atom stereocenters. The molecule has 28 heavy (non-hydrogen) atoms. The Morgan fingerprint density at radius 3 is 2.57 bits per heavy atom. The molecule has 0 aromatic heterocycles. The molecule has 0 unspecified atom stereocenters. The lowest BCUT2D eigenvalue weighted by atomic mass is 10.1. The second-order valence-electron chi connectivity index (χ2n) is 7.25. The number of hydrogen-bond acceptors (Lipinski definition) is 4. The third kappa shape index (κ3) is 4.34. The molecule has 2 aliphatic rings. The number of nitrogens with zero attached hydrogens (tertiary/aromatic N) is 2. The Balaban J connectivity index is 1.24. The van der Waals surface area contributed by atoms with E-state index in [1.807, 2.05) is 53.4 Å². The topological polar surface area (TPSA) is 61.9 Å². The quantitative estimate of drug-likeness (QED) is 0.859. The predicted molar refractivity (Wildman–Crippen MR) is 106 cm³/mol. The minimum absolute atomic E-state index is 0.0160. The number of fused-ring (bicyclic) bond motifs is 1. The van der Waals surface area contributed by atoms with Crippen LogP contribution in [0.15, 0.2) is 48.5 Å². The van der Waals surface area contributed by atoms with Gasteiger partial charge in [0.25, 0.3) is 5.91 Å². The van der Waals surface area contributed by atoms with Crippen LogP contribution in [0.1, 0.15) is 21.5 Å². The van der Waals surface area contributed by atoms with Gasteiger partial charge in [0.1, 0.15) is 5.75 Å². The monoisotopic (exact) mass is 379 g/mol. The standard InChI is InChI=1S/C22H25N3O3/c26-21(23-15-17-4-2-1-3-5-17)16-24-9-11-25(12-10-24)22(27)19-6-7-20-18(14-19)8-13-28-20/h1-7,14H,8-13,15-16H2,(H,23,26). The van der Waals surface area contributed by atoms with Crippen LogP contribution in [0.5, 0.6) is 5.75 Å². The van der Waals surface area contributed by atoms with Crippen molar-refractivity contribution in [3.8, 4) is 5.75 Å². The number of rotatable bonds is 5. The van der Waals surface area contributed by atoms with Crippen LogP contribution in [0.4, 0.5) is 0 Å². The number of ether oxygens (including phenoxy) is 1. The van der Waals surface area contributed by atoms with E-state index in [0.29, 0.717) is 45.9 Å².